The number of hydrogen-bond acceptors (Lipinski definition) is 4. The van der Waals surface area contributed by atoms with Crippen LogP contribution in [-0.4, -0.2) is 34.6 Å². The Morgan fingerprint density at radius 2 is 1.85 bits per heavy atom. The van der Waals surface area contributed by atoms with Crippen molar-refractivity contribution in [3.63, 3.8) is 0 Å². The Kier molecular flexibility index (Phi) is 6.88. The van der Waals surface area contributed by atoms with Crippen LogP contribution >= 0.6 is 23.2 Å². The van der Waals surface area contributed by atoms with Crippen LogP contribution in [0.25, 0.3) is 0 Å². The highest BCUT2D eigenvalue weighted by molar-refractivity contribution is 7.92. The summed E-state index contributed by atoms with van der Waals surface area (Å²) in [7, 11) is -2.37. The van der Waals surface area contributed by atoms with Crippen LogP contribution < -0.4 is 10.0 Å². The molecule has 0 fully saturated rings. The molecule has 0 aliphatic carbocycles. The quantitative estimate of drug-likeness (QED) is 0.676. The number of anilines is 1. The van der Waals surface area contributed by atoms with E-state index in [0.717, 1.165) is 0 Å². The maximum absolute atomic E-state index is 12.6. The van der Waals surface area contributed by atoms with E-state index in [-0.39, 0.29) is 27.1 Å². The number of rotatable bonds is 7. The van der Waals surface area contributed by atoms with Crippen LogP contribution in [-0.2, 0) is 14.8 Å². The van der Waals surface area contributed by atoms with Crippen molar-refractivity contribution in [2.45, 2.75) is 11.8 Å². The molecule has 0 aromatic heterocycles. The minimum Gasteiger partial charge on any atom is -0.383 e. The molecule has 0 heterocycles. The fourth-order valence-corrected chi connectivity index (χ4v) is 3.52. The van der Waals surface area contributed by atoms with Crippen LogP contribution in [0.3, 0.4) is 0 Å². The smallest absolute Gasteiger partial charge is 0.261 e. The van der Waals surface area contributed by atoms with Crippen LogP contribution in [0.4, 0.5) is 5.69 Å². The second-order valence-corrected chi connectivity index (χ2v) is 7.96. The lowest BCUT2D eigenvalue weighted by molar-refractivity contribution is 0.0936. The molecule has 9 heteroatoms. The summed E-state index contributed by atoms with van der Waals surface area (Å²) in [5.74, 6) is -0.369. The van der Waals surface area contributed by atoms with Gasteiger partial charge in [-0.1, -0.05) is 29.3 Å². The highest BCUT2D eigenvalue weighted by Crippen LogP contribution is 2.27. The van der Waals surface area contributed by atoms with Crippen molar-refractivity contribution in [1.29, 1.82) is 0 Å². The molecule has 26 heavy (non-hydrogen) atoms. The summed E-state index contributed by atoms with van der Waals surface area (Å²) >= 11 is 11.7. The van der Waals surface area contributed by atoms with E-state index < -0.39 is 10.0 Å². The zero-order valence-corrected chi connectivity index (χ0v) is 16.5. The van der Waals surface area contributed by atoms with Gasteiger partial charge in [0.25, 0.3) is 15.9 Å². The molecular formula is C17H18Cl2N2O4S. The van der Waals surface area contributed by atoms with Crippen molar-refractivity contribution in [1.82, 2.24) is 5.32 Å². The van der Waals surface area contributed by atoms with Crippen molar-refractivity contribution in [3.05, 3.63) is 57.6 Å². The van der Waals surface area contributed by atoms with Gasteiger partial charge in [0.15, 0.2) is 0 Å². The minimum atomic E-state index is -3.90. The van der Waals surface area contributed by atoms with E-state index in [1.165, 1.54) is 37.4 Å². The molecule has 2 aromatic carbocycles. The molecule has 2 rings (SSSR count). The van der Waals surface area contributed by atoms with Gasteiger partial charge in [-0.15, -0.1) is 0 Å². The molecule has 2 aromatic rings. The zero-order valence-electron chi connectivity index (χ0n) is 14.2. The topological polar surface area (TPSA) is 84.5 Å². The molecule has 0 spiro atoms. The summed E-state index contributed by atoms with van der Waals surface area (Å²) in [4.78, 5) is 12.2. The summed E-state index contributed by atoms with van der Waals surface area (Å²) < 4.78 is 32.5. The van der Waals surface area contributed by atoms with Crippen LogP contribution in [0.1, 0.15) is 15.9 Å². The van der Waals surface area contributed by atoms with Crippen molar-refractivity contribution in [2.75, 3.05) is 25.0 Å². The summed E-state index contributed by atoms with van der Waals surface area (Å²) in [6.45, 7) is 2.42. The van der Waals surface area contributed by atoms with E-state index in [2.05, 4.69) is 10.0 Å². The Labute approximate surface area is 162 Å². The zero-order chi connectivity index (χ0) is 19.3. The van der Waals surface area contributed by atoms with Gasteiger partial charge in [0.05, 0.1) is 27.2 Å². The second kappa shape index (κ2) is 8.73. The van der Waals surface area contributed by atoms with Gasteiger partial charge in [0.1, 0.15) is 0 Å². The van der Waals surface area contributed by atoms with Crippen molar-refractivity contribution in [2.24, 2.45) is 0 Å². The number of amides is 1. The van der Waals surface area contributed by atoms with Crippen LogP contribution in [0, 0.1) is 6.92 Å². The Balaban J connectivity index is 2.27. The molecule has 0 radical (unpaired) electrons. The Morgan fingerprint density at radius 3 is 2.50 bits per heavy atom. The fourth-order valence-electron chi connectivity index (χ4n) is 2.15. The average Bonchev–Trinajstić information content (AvgIpc) is 2.58. The van der Waals surface area contributed by atoms with Crippen molar-refractivity contribution < 1.29 is 17.9 Å². The number of carbonyl (C=O) groups excluding carboxylic acids is 1. The summed E-state index contributed by atoms with van der Waals surface area (Å²) in [5.41, 5.74) is 1.21. The van der Waals surface area contributed by atoms with Gasteiger partial charge in [0, 0.05) is 19.2 Å². The number of methoxy groups -OCH3 is 1. The minimum absolute atomic E-state index is 0.0361. The third-order valence-electron chi connectivity index (χ3n) is 3.53. The summed E-state index contributed by atoms with van der Waals surface area (Å²) in [6.07, 6.45) is 0. The lowest BCUT2D eigenvalue weighted by Crippen LogP contribution is -2.28. The van der Waals surface area contributed by atoms with Crippen LogP contribution in [0.15, 0.2) is 41.3 Å². The number of aryl methyl sites for hydroxylation is 1. The fraction of sp³-hybridized carbons (Fsp3) is 0.235. The molecule has 0 saturated carbocycles. The SMILES string of the molecule is COCCNC(=O)c1cc(S(=O)(=O)Nc2ccc(Cl)c(Cl)c2)ccc1C. The molecule has 140 valence electrons. The number of sulfonamides is 1. The van der Waals surface area contributed by atoms with Gasteiger partial charge in [-0.3, -0.25) is 9.52 Å². The van der Waals surface area contributed by atoms with E-state index >= 15 is 0 Å². The Bertz CT molecular complexity index is 917. The summed E-state index contributed by atoms with van der Waals surface area (Å²) in [5, 5.41) is 3.22. The van der Waals surface area contributed by atoms with Gasteiger partial charge < -0.3 is 10.1 Å². The van der Waals surface area contributed by atoms with Crippen molar-refractivity contribution >= 4 is 44.8 Å². The predicted molar refractivity (Wildman–Crippen MR) is 103 cm³/mol. The lowest BCUT2D eigenvalue weighted by Gasteiger charge is -2.12. The number of hydrogen-bond donors (Lipinski definition) is 2. The van der Waals surface area contributed by atoms with E-state index in [9.17, 15) is 13.2 Å². The van der Waals surface area contributed by atoms with E-state index in [1.54, 1.807) is 13.0 Å². The molecular weight excluding hydrogens is 399 g/mol. The van der Waals surface area contributed by atoms with E-state index in [4.69, 9.17) is 27.9 Å². The van der Waals surface area contributed by atoms with Crippen LogP contribution in [0.5, 0.6) is 0 Å². The molecule has 0 aliphatic heterocycles. The first-order chi connectivity index (χ1) is 12.2. The van der Waals surface area contributed by atoms with Crippen molar-refractivity contribution in [3.8, 4) is 0 Å². The molecule has 0 aliphatic rings. The van der Waals surface area contributed by atoms with Gasteiger partial charge in [-0.25, -0.2) is 8.42 Å². The second-order valence-electron chi connectivity index (χ2n) is 5.46. The molecule has 1 amide bonds. The first kappa shape index (κ1) is 20.5. The molecule has 0 atom stereocenters. The van der Waals surface area contributed by atoms with Gasteiger partial charge in [-0.05, 0) is 42.8 Å². The molecule has 0 bridgehead atoms. The van der Waals surface area contributed by atoms with Gasteiger partial charge in [-0.2, -0.15) is 0 Å². The molecule has 6 nitrogen and oxygen atoms in total. The largest absolute Gasteiger partial charge is 0.383 e. The van der Waals surface area contributed by atoms with Gasteiger partial charge in [0.2, 0.25) is 0 Å². The number of carbonyl (C=O) groups is 1. The highest BCUT2D eigenvalue weighted by Gasteiger charge is 2.18. The predicted octanol–water partition coefficient (Wildman–Crippen LogP) is 3.48. The highest BCUT2D eigenvalue weighted by atomic mass is 35.5. The monoisotopic (exact) mass is 416 g/mol. The maximum Gasteiger partial charge on any atom is 0.261 e. The van der Waals surface area contributed by atoms with E-state index in [0.29, 0.717) is 23.7 Å². The Hall–Kier alpha value is -1.80. The number of nitrogens with one attached hydrogen (secondary N) is 2. The molecule has 2 N–H and O–H groups in total. The normalized spacial score (nSPS) is 11.2. The summed E-state index contributed by atoms with van der Waals surface area (Å²) in [6, 6.07) is 8.74. The average molecular weight is 417 g/mol. The number of ether oxygens (including phenoxy) is 1. The number of halogens is 2. The first-order valence-electron chi connectivity index (χ1n) is 7.60. The third kappa shape index (κ3) is 5.11. The lowest BCUT2D eigenvalue weighted by atomic mass is 10.1. The number of benzene rings is 2. The van der Waals surface area contributed by atoms with Gasteiger partial charge >= 0.3 is 0 Å². The molecule has 0 saturated heterocycles. The maximum atomic E-state index is 12.6. The van der Waals surface area contributed by atoms with E-state index in [1.807, 2.05) is 0 Å². The first-order valence-corrected chi connectivity index (χ1v) is 9.84. The molecule has 0 unspecified atom stereocenters. The van der Waals surface area contributed by atoms with Crippen LogP contribution in [0.2, 0.25) is 10.0 Å². The standard InChI is InChI=1S/C17H18Cl2N2O4S/c1-11-3-5-13(10-14(11)17(22)20-7-8-25-2)26(23,24)21-12-4-6-15(18)16(19)9-12/h3-6,9-10,21H,7-8H2,1-2H3,(H,20,22). The third-order valence-corrected chi connectivity index (χ3v) is 5.65. The Morgan fingerprint density at radius 1 is 1.12 bits per heavy atom.